The summed E-state index contributed by atoms with van der Waals surface area (Å²) in [4.78, 5) is 34.0. The molecule has 10 rings (SSSR count). The van der Waals surface area contributed by atoms with Crippen LogP contribution >= 0.6 is 22.6 Å². The maximum absolute atomic E-state index is 10.9. The van der Waals surface area contributed by atoms with E-state index >= 15 is 0 Å². The van der Waals surface area contributed by atoms with E-state index in [0.717, 1.165) is 46.7 Å². The number of halogens is 1. The van der Waals surface area contributed by atoms with Crippen LogP contribution in [0.2, 0.25) is 0 Å². The maximum atomic E-state index is 10.9. The molecule has 0 unspecified atom stereocenters. The first-order chi connectivity index (χ1) is 36.4. The van der Waals surface area contributed by atoms with Crippen LogP contribution in [0.5, 0.6) is 0 Å². The topological polar surface area (TPSA) is 197 Å². The van der Waals surface area contributed by atoms with E-state index in [4.69, 9.17) is 17.9 Å². The average Bonchev–Trinajstić information content (AvgIpc) is 4.27. The van der Waals surface area contributed by atoms with Crippen molar-refractivity contribution in [1.29, 1.82) is 0 Å². The molecule has 76 heavy (non-hydrogen) atoms. The van der Waals surface area contributed by atoms with Crippen molar-refractivity contribution in [3.05, 3.63) is 176 Å². The second-order valence-corrected chi connectivity index (χ2v) is 21.5. The number of aryl methyl sites for hydroxylation is 5. The molecule has 0 atom stereocenters. The summed E-state index contributed by atoms with van der Waals surface area (Å²) in [6.07, 6.45) is 25.9. The van der Waals surface area contributed by atoms with Crippen LogP contribution in [0, 0.1) is 122 Å². The Hall–Kier alpha value is -7.15. The van der Waals surface area contributed by atoms with Crippen LogP contribution in [-0.4, -0.2) is 19.8 Å². The fourth-order valence-corrected chi connectivity index (χ4v) is 10.1. The van der Waals surface area contributed by atoms with Gasteiger partial charge in [0.15, 0.2) is 0 Å². The molecule has 4 fully saturated rings. The summed E-state index contributed by atoms with van der Waals surface area (Å²) in [7, 11) is 0. The van der Waals surface area contributed by atoms with Crippen LogP contribution in [0.3, 0.4) is 0 Å². The van der Waals surface area contributed by atoms with Crippen molar-refractivity contribution in [1.82, 2.24) is 4.98 Å². The Morgan fingerprint density at radius 3 is 1.41 bits per heavy atom. The van der Waals surface area contributed by atoms with Gasteiger partial charge in [-0.2, -0.15) is 0 Å². The molecule has 6 aromatic rings. The van der Waals surface area contributed by atoms with Crippen molar-refractivity contribution in [2.75, 3.05) is 11.5 Å². The molecule has 12 nitrogen and oxygen atoms in total. The Morgan fingerprint density at radius 1 is 0.500 bits per heavy atom. The first-order valence-electron chi connectivity index (χ1n) is 26.5. The molecule has 0 bridgehead atoms. The summed E-state index contributed by atoms with van der Waals surface area (Å²) >= 11 is 1.95. The molecule has 4 aliphatic carbocycles. The number of rotatable bonds is 4. The number of hydrogen-bond acceptors (Lipinski definition) is 8. The van der Waals surface area contributed by atoms with Gasteiger partial charge in [-0.25, -0.2) is 0 Å². The van der Waals surface area contributed by atoms with E-state index in [1.165, 1.54) is 130 Å². The van der Waals surface area contributed by atoms with Crippen molar-refractivity contribution in [3.8, 4) is 36.0 Å². The van der Waals surface area contributed by atoms with Gasteiger partial charge in [0.05, 0.1) is 18.3 Å². The quantitative estimate of drug-likeness (QED) is 0.0509. The minimum atomic E-state index is -0.484. The number of nitrogen functional groups attached to an aromatic ring is 2. The third-order valence-electron chi connectivity index (χ3n) is 14.0. The summed E-state index contributed by atoms with van der Waals surface area (Å²) in [5.41, 5.74) is 22.0. The van der Waals surface area contributed by atoms with Gasteiger partial charge in [-0.15, -0.1) is 12.3 Å². The fourth-order valence-electron chi connectivity index (χ4n) is 9.58. The molecule has 13 heteroatoms. The Balaban J connectivity index is 0.000000171. The molecule has 0 amide bonds. The summed E-state index contributed by atoms with van der Waals surface area (Å²) in [5.74, 6) is 17.9. The lowest BCUT2D eigenvalue weighted by molar-refractivity contribution is -0.385. The van der Waals surface area contributed by atoms with E-state index < -0.39 is 4.92 Å². The normalized spacial score (nSPS) is 14.9. The number of benzene rings is 5. The molecular formula is C63H73IN6O6. The number of aromatic nitrogens is 1. The highest BCUT2D eigenvalue weighted by Gasteiger charge is 2.19. The number of terminal acetylenes is 1. The van der Waals surface area contributed by atoms with Crippen LogP contribution in [0.1, 0.15) is 153 Å². The van der Waals surface area contributed by atoms with E-state index in [-0.39, 0.29) is 32.6 Å². The number of fused-ring (bicyclic) bond motifs is 1. The minimum absolute atomic E-state index is 0.0231. The molecule has 5 N–H and O–H groups in total. The molecule has 0 radical (unpaired) electrons. The van der Waals surface area contributed by atoms with Gasteiger partial charge < -0.3 is 16.5 Å². The van der Waals surface area contributed by atoms with E-state index in [9.17, 15) is 30.3 Å². The lowest BCUT2D eigenvalue weighted by Gasteiger charge is -2.04. The Kier molecular flexibility index (Phi) is 23.9. The zero-order valence-electron chi connectivity index (χ0n) is 44.8. The summed E-state index contributed by atoms with van der Waals surface area (Å²) < 4.78 is 0.679. The van der Waals surface area contributed by atoms with E-state index in [0.29, 0.717) is 26.9 Å². The first-order valence-corrected chi connectivity index (χ1v) is 27.6. The zero-order chi connectivity index (χ0) is 55.1. The van der Waals surface area contributed by atoms with Gasteiger partial charge in [-0.05, 0) is 190 Å². The maximum Gasteiger partial charge on any atom is 0.292 e. The van der Waals surface area contributed by atoms with Gasteiger partial charge in [0.1, 0.15) is 11.3 Å². The van der Waals surface area contributed by atoms with E-state index in [2.05, 4.69) is 71.8 Å². The van der Waals surface area contributed by atoms with E-state index in [1.807, 2.05) is 67.6 Å². The van der Waals surface area contributed by atoms with Crippen molar-refractivity contribution in [3.63, 3.8) is 0 Å². The fraction of sp³-hybridized carbons (Fsp3) is 0.397. The highest BCUT2D eigenvalue weighted by Crippen LogP contribution is 2.35. The number of anilines is 2. The lowest BCUT2D eigenvalue weighted by Crippen LogP contribution is -1.95. The second kappa shape index (κ2) is 30.4. The standard InChI is InChI=1S/C14H15NO2.2C14H17N.C7H6INO2.C7H8N2O2.C7H10/c1-11-6-8-13(14(10-11)15(16)17)9-7-12-4-2-3-5-12;1-10-6-7-12-9-14(15-13(12)8-10)11-4-2-3-5-11;1-11-6-8-13(14(15)10-11)9-7-12-4-2-3-5-12;2*1-5-2-3-6(8)7(4-5)9(10)11;1-2-7-5-3-4-6-7/h6,8,10,12H,2-5H2,1H3;6-9,11,15H,2-5H2,1H3;6,8,10,12H,2-5,15H2,1H3;2-4H,1H3;2-4H,8H2,1H3;1,7H,3-6H2. The highest BCUT2D eigenvalue weighted by molar-refractivity contribution is 14.1. The molecule has 0 aliphatic heterocycles. The van der Waals surface area contributed by atoms with Crippen LogP contribution in [0.4, 0.5) is 28.4 Å². The zero-order valence-corrected chi connectivity index (χ0v) is 46.9. The van der Waals surface area contributed by atoms with Gasteiger partial charge in [0.2, 0.25) is 0 Å². The van der Waals surface area contributed by atoms with Gasteiger partial charge in [0, 0.05) is 58.4 Å². The van der Waals surface area contributed by atoms with Crippen LogP contribution < -0.4 is 11.5 Å². The third kappa shape index (κ3) is 19.5. The predicted octanol–water partition coefficient (Wildman–Crippen LogP) is 16.5. The molecule has 1 heterocycles. The molecule has 4 saturated carbocycles. The van der Waals surface area contributed by atoms with Gasteiger partial charge in [-0.1, -0.05) is 111 Å². The largest absolute Gasteiger partial charge is 0.398 e. The molecule has 0 spiro atoms. The predicted molar refractivity (Wildman–Crippen MR) is 319 cm³/mol. The van der Waals surface area contributed by atoms with Crippen molar-refractivity contribution >= 4 is 61.9 Å². The molecule has 0 saturated heterocycles. The summed E-state index contributed by atoms with van der Waals surface area (Å²) in [6, 6.07) is 30.2. The smallest absolute Gasteiger partial charge is 0.292 e. The molecule has 4 aliphatic rings. The number of H-pyrrole nitrogens is 1. The van der Waals surface area contributed by atoms with E-state index in [1.54, 1.807) is 37.3 Å². The number of nitrogens with zero attached hydrogens (tertiary/aromatic N) is 3. The lowest BCUT2D eigenvalue weighted by atomic mass is 10.0. The number of aromatic amines is 1. The van der Waals surface area contributed by atoms with Gasteiger partial charge in [0.25, 0.3) is 17.1 Å². The molecule has 398 valence electrons. The highest BCUT2D eigenvalue weighted by atomic mass is 127. The van der Waals surface area contributed by atoms with Gasteiger partial charge in [-0.3, -0.25) is 30.3 Å². The number of nitro groups is 3. The molecular weight excluding hydrogens is 1060 g/mol. The number of hydrogen-bond donors (Lipinski definition) is 3. The summed E-state index contributed by atoms with van der Waals surface area (Å²) in [6.45, 7) is 9.66. The van der Waals surface area contributed by atoms with Crippen molar-refractivity contribution in [2.24, 2.45) is 17.8 Å². The Morgan fingerprint density at radius 2 is 0.921 bits per heavy atom. The molecule has 5 aromatic carbocycles. The number of nitrogens with one attached hydrogen (secondary N) is 1. The average molecular weight is 1140 g/mol. The van der Waals surface area contributed by atoms with Crippen LogP contribution in [-0.2, 0) is 0 Å². The first kappa shape index (κ1) is 59.7. The third-order valence-corrected chi connectivity index (χ3v) is 14.9. The molecule has 1 aromatic heterocycles. The summed E-state index contributed by atoms with van der Waals surface area (Å²) in [5, 5.41) is 32.9. The second-order valence-electron chi connectivity index (χ2n) is 20.3. The SMILES string of the molecule is C#CC1CCCC1.Cc1ccc(C#CC2CCCC2)c(N)c1.Cc1ccc(C#CC2CCCC2)c([N+](=O)[O-])c1.Cc1ccc(I)c([N+](=O)[O-])c1.Cc1ccc(N)c([N+](=O)[O-])c1.Cc1ccc2cc(C3CCCC3)[nH]c2c1. The Bertz CT molecular complexity index is 3030. The number of nitrogens with two attached hydrogens (primary N) is 2. The van der Waals surface area contributed by atoms with Crippen LogP contribution in [0.25, 0.3) is 10.9 Å². The monoisotopic (exact) mass is 1140 g/mol. The van der Waals surface area contributed by atoms with Crippen LogP contribution in [0.15, 0.2) is 97.1 Å². The van der Waals surface area contributed by atoms with Crippen molar-refractivity contribution < 1.29 is 14.8 Å². The number of nitro benzene ring substituents is 3. The Labute approximate surface area is 463 Å². The van der Waals surface area contributed by atoms with Crippen molar-refractivity contribution in [2.45, 2.75) is 143 Å². The van der Waals surface area contributed by atoms with Gasteiger partial charge >= 0.3 is 0 Å². The minimum Gasteiger partial charge on any atom is -0.398 e.